The predicted molar refractivity (Wildman–Crippen MR) is 106 cm³/mol. The summed E-state index contributed by atoms with van der Waals surface area (Å²) in [7, 11) is 0. The molecule has 0 aliphatic carbocycles. The number of hydrogen-bond donors (Lipinski definition) is 1. The van der Waals surface area contributed by atoms with Crippen molar-refractivity contribution in [2.75, 3.05) is 6.79 Å². The molecule has 0 fully saturated rings. The van der Waals surface area contributed by atoms with Crippen LogP contribution >= 0.6 is 11.3 Å². The van der Waals surface area contributed by atoms with Crippen LogP contribution in [0.1, 0.15) is 31.5 Å². The summed E-state index contributed by atoms with van der Waals surface area (Å²) in [5.41, 5.74) is 2.79. The van der Waals surface area contributed by atoms with E-state index in [4.69, 9.17) is 14.2 Å². The van der Waals surface area contributed by atoms with Gasteiger partial charge in [-0.3, -0.25) is 4.79 Å². The van der Waals surface area contributed by atoms with Crippen LogP contribution in [0.15, 0.2) is 42.5 Å². The first-order valence-corrected chi connectivity index (χ1v) is 9.72. The Kier molecular flexibility index (Phi) is 5.16. The second kappa shape index (κ2) is 7.90. The van der Waals surface area contributed by atoms with Gasteiger partial charge in [-0.2, -0.15) is 0 Å². The van der Waals surface area contributed by atoms with Crippen molar-refractivity contribution >= 4 is 17.2 Å². The van der Waals surface area contributed by atoms with E-state index in [0.717, 1.165) is 27.6 Å². The number of aromatic nitrogens is 1. The third kappa shape index (κ3) is 4.09. The molecule has 1 N–H and O–H groups in total. The van der Waals surface area contributed by atoms with Gasteiger partial charge in [0.1, 0.15) is 22.2 Å². The zero-order valence-electron chi connectivity index (χ0n) is 15.7. The fraction of sp³-hybridized carbons (Fsp3) is 0.238. The average molecular weight is 396 g/mol. The van der Waals surface area contributed by atoms with Gasteiger partial charge in [0.15, 0.2) is 11.5 Å². The van der Waals surface area contributed by atoms with E-state index in [-0.39, 0.29) is 12.7 Å². The molecule has 28 heavy (non-hydrogen) atoms. The number of hydrogen-bond acceptors (Lipinski definition) is 6. The number of thiazole rings is 1. The SMILES string of the molecule is Cc1cccc(OCc2nc(C)c(C(=O)NCc3ccc4c(c3)OCO4)s2)c1. The van der Waals surface area contributed by atoms with Gasteiger partial charge < -0.3 is 19.5 Å². The molecule has 1 aliphatic heterocycles. The number of rotatable bonds is 6. The summed E-state index contributed by atoms with van der Waals surface area (Å²) < 4.78 is 16.5. The second-order valence-electron chi connectivity index (χ2n) is 6.50. The molecule has 144 valence electrons. The molecule has 0 spiro atoms. The van der Waals surface area contributed by atoms with Crippen molar-refractivity contribution in [2.24, 2.45) is 0 Å². The predicted octanol–water partition coefficient (Wildman–Crippen LogP) is 4.00. The van der Waals surface area contributed by atoms with Gasteiger partial charge in [0.05, 0.1) is 5.69 Å². The van der Waals surface area contributed by atoms with Crippen molar-refractivity contribution in [3.05, 3.63) is 69.2 Å². The Morgan fingerprint density at radius 3 is 2.89 bits per heavy atom. The highest BCUT2D eigenvalue weighted by atomic mass is 32.1. The molecule has 0 saturated carbocycles. The molecule has 1 amide bonds. The monoisotopic (exact) mass is 396 g/mol. The molecule has 2 aromatic carbocycles. The van der Waals surface area contributed by atoms with Gasteiger partial charge in [0.25, 0.3) is 5.91 Å². The first kappa shape index (κ1) is 18.3. The van der Waals surface area contributed by atoms with Crippen LogP contribution in [0.3, 0.4) is 0 Å². The van der Waals surface area contributed by atoms with Crippen molar-refractivity contribution in [3.8, 4) is 17.2 Å². The average Bonchev–Trinajstić information content (AvgIpc) is 3.30. The number of nitrogens with zero attached hydrogens (tertiary/aromatic N) is 1. The first-order chi connectivity index (χ1) is 13.6. The summed E-state index contributed by atoms with van der Waals surface area (Å²) in [4.78, 5) is 17.6. The zero-order chi connectivity index (χ0) is 19.5. The number of ether oxygens (including phenoxy) is 3. The van der Waals surface area contributed by atoms with Gasteiger partial charge in [-0.1, -0.05) is 18.2 Å². The topological polar surface area (TPSA) is 69.7 Å². The van der Waals surface area contributed by atoms with E-state index in [1.54, 1.807) is 0 Å². The third-order valence-electron chi connectivity index (χ3n) is 4.29. The van der Waals surface area contributed by atoms with Crippen molar-refractivity contribution in [1.29, 1.82) is 0 Å². The van der Waals surface area contributed by atoms with Crippen molar-refractivity contribution in [2.45, 2.75) is 27.0 Å². The molecule has 2 heterocycles. The minimum Gasteiger partial charge on any atom is -0.486 e. The lowest BCUT2D eigenvalue weighted by molar-refractivity contribution is 0.0954. The molecule has 1 aromatic heterocycles. The highest BCUT2D eigenvalue weighted by Gasteiger charge is 2.17. The van der Waals surface area contributed by atoms with Crippen LogP contribution in [0.25, 0.3) is 0 Å². The molecular weight excluding hydrogens is 376 g/mol. The van der Waals surface area contributed by atoms with Gasteiger partial charge >= 0.3 is 0 Å². The van der Waals surface area contributed by atoms with Crippen LogP contribution in [0.4, 0.5) is 0 Å². The van der Waals surface area contributed by atoms with Gasteiger partial charge in [0.2, 0.25) is 6.79 Å². The Balaban J connectivity index is 1.36. The van der Waals surface area contributed by atoms with Crippen LogP contribution in [-0.4, -0.2) is 17.7 Å². The van der Waals surface area contributed by atoms with Crippen LogP contribution in [-0.2, 0) is 13.2 Å². The van der Waals surface area contributed by atoms with Crippen molar-refractivity contribution in [3.63, 3.8) is 0 Å². The molecule has 0 radical (unpaired) electrons. The Hall–Kier alpha value is -3.06. The normalized spacial score (nSPS) is 12.1. The van der Waals surface area contributed by atoms with Crippen LogP contribution in [0, 0.1) is 13.8 Å². The summed E-state index contributed by atoms with van der Waals surface area (Å²) in [6.45, 7) is 4.83. The molecule has 0 bridgehead atoms. The van der Waals surface area contributed by atoms with Crippen LogP contribution in [0.2, 0.25) is 0 Å². The molecule has 4 rings (SSSR count). The molecule has 1 aliphatic rings. The van der Waals surface area contributed by atoms with Gasteiger partial charge in [0, 0.05) is 6.54 Å². The zero-order valence-corrected chi connectivity index (χ0v) is 16.5. The first-order valence-electron chi connectivity index (χ1n) is 8.91. The summed E-state index contributed by atoms with van der Waals surface area (Å²) in [6.07, 6.45) is 0. The number of carbonyl (C=O) groups is 1. The highest BCUT2D eigenvalue weighted by molar-refractivity contribution is 7.13. The number of amides is 1. The lowest BCUT2D eigenvalue weighted by Gasteiger charge is -2.05. The fourth-order valence-electron chi connectivity index (χ4n) is 2.89. The second-order valence-corrected chi connectivity index (χ2v) is 7.58. The van der Waals surface area contributed by atoms with Crippen molar-refractivity contribution < 1.29 is 19.0 Å². The van der Waals surface area contributed by atoms with Gasteiger partial charge in [-0.15, -0.1) is 11.3 Å². The van der Waals surface area contributed by atoms with E-state index < -0.39 is 0 Å². The Bertz CT molecular complexity index is 1020. The Morgan fingerprint density at radius 1 is 1.18 bits per heavy atom. The molecule has 3 aromatic rings. The van der Waals surface area contributed by atoms with Crippen LogP contribution < -0.4 is 19.5 Å². The van der Waals surface area contributed by atoms with Gasteiger partial charge in [-0.25, -0.2) is 4.98 Å². The van der Waals surface area contributed by atoms with Crippen LogP contribution in [0.5, 0.6) is 17.2 Å². The number of aryl methyl sites for hydroxylation is 2. The molecule has 0 atom stereocenters. The maximum atomic E-state index is 12.6. The lowest BCUT2D eigenvalue weighted by Crippen LogP contribution is -2.22. The number of carbonyl (C=O) groups excluding carboxylic acids is 1. The standard InChI is InChI=1S/C21H20N2O4S/c1-13-4-3-5-16(8-13)25-11-19-23-14(2)20(28-19)21(24)22-10-15-6-7-17-18(9-15)27-12-26-17/h3-9H,10-12H2,1-2H3,(H,22,24). The number of benzene rings is 2. The molecule has 0 unspecified atom stereocenters. The summed E-state index contributed by atoms with van der Waals surface area (Å²) >= 11 is 1.35. The molecule has 6 nitrogen and oxygen atoms in total. The number of fused-ring (bicyclic) bond motifs is 1. The van der Waals surface area contributed by atoms with E-state index in [1.165, 1.54) is 11.3 Å². The highest BCUT2D eigenvalue weighted by Crippen LogP contribution is 2.32. The quantitative estimate of drug-likeness (QED) is 0.682. The minimum absolute atomic E-state index is 0.144. The third-order valence-corrected chi connectivity index (χ3v) is 5.42. The maximum absolute atomic E-state index is 12.6. The molecule has 0 saturated heterocycles. The molecular formula is C21H20N2O4S. The van der Waals surface area contributed by atoms with E-state index in [0.29, 0.717) is 29.5 Å². The smallest absolute Gasteiger partial charge is 0.263 e. The summed E-state index contributed by atoms with van der Waals surface area (Å²) in [6, 6.07) is 13.5. The minimum atomic E-state index is -0.144. The number of nitrogens with one attached hydrogen (secondary N) is 1. The summed E-state index contributed by atoms with van der Waals surface area (Å²) in [5, 5.41) is 3.71. The van der Waals surface area contributed by atoms with E-state index in [2.05, 4.69) is 10.3 Å². The fourth-order valence-corrected chi connectivity index (χ4v) is 3.78. The Morgan fingerprint density at radius 2 is 2.04 bits per heavy atom. The van der Waals surface area contributed by atoms with E-state index in [1.807, 2.05) is 56.3 Å². The van der Waals surface area contributed by atoms with Crippen molar-refractivity contribution in [1.82, 2.24) is 10.3 Å². The molecule has 7 heteroatoms. The maximum Gasteiger partial charge on any atom is 0.263 e. The Labute approximate surface area is 167 Å². The van der Waals surface area contributed by atoms with E-state index >= 15 is 0 Å². The van der Waals surface area contributed by atoms with E-state index in [9.17, 15) is 4.79 Å². The largest absolute Gasteiger partial charge is 0.486 e. The lowest BCUT2D eigenvalue weighted by atomic mass is 10.2. The van der Waals surface area contributed by atoms with Gasteiger partial charge in [-0.05, 0) is 49.2 Å². The summed E-state index contributed by atoms with van der Waals surface area (Å²) in [5.74, 6) is 2.08.